The minimum Gasteiger partial charge on any atom is -0.368 e. The monoisotopic (exact) mass is 274 g/mol. The third kappa shape index (κ3) is 2.45. The summed E-state index contributed by atoms with van der Waals surface area (Å²) in [5, 5.41) is 0. The number of nitrogens with zero attached hydrogens (tertiary/aromatic N) is 2. The van der Waals surface area contributed by atoms with Gasteiger partial charge in [0.1, 0.15) is 6.10 Å². The van der Waals surface area contributed by atoms with E-state index >= 15 is 0 Å². The predicted molar refractivity (Wildman–Crippen MR) is 78.9 cm³/mol. The lowest BCUT2D eigenvalue weighted by atomic mass is 9.96. The summed E-state index contributed by atoms with van der Waals surface area (Å²) in [6.07, 6.45) is 2.59. The molecule has 108 valence electrons. The lowest BCUT2D eigenvalue weighted by Crippen LogP contribution is -2.50. The van der Waals surface area contributed by atoms with E-state index in [1.54, 1.807) is 0 Å². The maximum absolute atomic E-state index is 12.7. The summed E-state index contributed by atoms with van der Waals surface area (Å²) >= 11 is 0. The predicted octanol–water partition coefficient (Wildman–Crippen LogP) is 1.68. The highest BCUT2D eigenvalue weighted by Gasteiger charge is 2.34. The molecule has 20 heavy (non-hydrogen) atoms. The van der Waals surface area contributed by atoms with E-state index in [2.05, 4.69) is 25.1 Å². The van der Waals surface area contributed by atoms with Crippen molar-refractivity contribution in [1.29, 1.82) is 0 Å². The molecule has 2 heterocycles. The fourth-order valence-electron chi connectivity index (χ4n) is 3.08. The van der Waals surface area contributed by atoms with Gasteiger partial charge in [-0.25, -0.2) is 0 Å². The highest BCUT2D eigenvalue weighted by Crippen LogP contribution is 2.30. The Kier molecular flexibility index (Phi) is 3.76. The van der Waals surface area contributed by atoms with Crippen molar-refractivity contribution >= 4 is 11.6 Å². The van der Waals surface area contributed by atoms with E-state index in [4.69, 9.17) is 4.74 Å². The van der Waals surface area contributed by atoms with Gasteiger partial charge in [0.05, 0.1) is 0 Å². The molecule has 0 aliphatic carbocycles. The Bertz CT molecular complexity index is 495. The van der Waals surface area contributed by atoms with E-state index in [0.29, 0.717) is 12.6 Å². The number of fused-ring (bicyclic) bond motifs is 1. The number of likely N-dealkylation sites (N-methyl/N-ethyl adjacent to an activating group) is 1. The van der Waals surface area contributed by atoms with Crippen LogP contribution in [0.3, 0.4) is 0 Å². The van der Waals surface area contributed by atoms with Crippen LogP contribution in [0.15, 0.2) is 24.3 Å². The van der Waals surface area contributed by atoms with Gasteiger partial charge in [0, 0.05) is 24.9 Å². The van der Waals surface area contributed by atoms with Crippen molar-refractivity contribution in [2.24, 2.45) is 0 Å². The van der Waals surface area contributed by atoms with Crippen molar-refractivity contribution in [2.75, 3.05) is 32.1 Å². The Morgan fingerprint density at radius 1 is 1.35 bits per heavy atom. The van der Waals surface area contributed by atoms with Gasteiger partial charge in [0.15, 0.2) is 0 Å². The maximum Gasteiger partial charge on any atom is 0.256 e. The number of ether oxygens (including phenoxy) is 1. The summed E-state index contributed by atoms with van der Waals surface area (Å²) in [4.78, 5) is 16.8. The molecule has 0 radical (unpaired) electrons. The molecule has 1 saturated heterocycles. The zero-order valence-corrected chi connectivity index (χ0v) is 12.2. The molecule has 1 aromatic carbocycles. The first-order valence-corrected chi connectivity index (χ1v) is 7.34. The molecule has 1 aromatic rings. The van der Waals surface area contributed by atoms with Gasteiger partial charge < -0.3 is 14.5 Å². The van der Waals surface area contributed by atoms with E-state index in [1.165, 1.54) is 5.56 Å². The van der Waals surface area contributed by atoms with Crippen LogP contribution in [-0.4, -0.2) is 50.2 Å². The van der Waals surface area contributed by atoms with Crippen LogP contribution in [0.25, 0.3) is 0 Å². The largest absolute Gasteiger partial charge is 0.368 e. The SMILES string of the molecule is CN(C)[C@H]1Cc2ccccc2N(C(=O)[C@@H]2CCCO2)C1. The first-order chi connectivity index (χ1) is 9.66. The van der Waals surface area contributed by atoms with Crippen molar-refractivity contribution < 1.29 is 9.53 Å². The Balaban J connectivity index is 1.90. The van der Waals surface area contributed by atoms with Gasteiger partial charge in [-0.2, -0.15) is 0 Å². The van der Waals surface area contributed by atoms with Gasteiger partial charge in [-0.05, 0) is 45.0 Å². The summed E-state index contributed by atoms with van der Waals surface area (Å²) in [5.74, 6) is 0.126. The van der Waals surface area contributed by atoms with Crippen LogP contribution in [0.5, 0.6) is 0 Å². The third-order valence-electron chi connectivity index (χ3n) is 4.33. The van der Waals surface area contributed by atoms with Gasteiger partial charge in [0.25, 0.3) is 5.91 Å². The zero-order valence-electron chi connectivity index (χ0n) is 12.2. The fourth-order valence-corrected chi connectivity index (χ4v) is 3.08. The summed E-state index contributed by atoms with van der Waals surface area (Å²) in [6, 6.07) is 8.60. The summed E-state index contributed by atoms with van der Waals surface area (Å²) < 4.78 is 5.57. The number of carbonyl (C=O) groups is 1. The molecule has 2 aliphatic heterocycles. The molecule has 3 rings (SSSR count). The van der Waals surface area contributed by atoms with Crippen LogP contribution in [0.2, 0.25) is 0 Å². The molecule has 2 atom stereocenters. The van der Waals surface area contributed by atoms with Crippen molar-refractivity contribution in [2.45, 2.75) is 31.4 Å². The van der Waals surface area contributed by atoms with Crippen LogP contribution in [0.4, 0.5) is 5.69 Å². The lowest BCUT2D eigenvalue weighted by Gasteiger charge is -2.38. The second kappa shape index (κ2) is 5.54. The van der Waals surface area contributed by atoms with E-state index in [-0.39, 0.29) is 12.0 Å². The standard InChI is InChI=1S/C16H22N2O2/c1-17(2)13-10-12-6-3-4-7-14(12)18(11-13)16(19)15-8-5-9-20-15/h3-4,6-7,13,15H,5,8-11H2,1-2H3/t13-,15-/m0/s1. The quantitative estimate of drug-likeness (QED) is 0.822. The molecule has 0 spiro atoms. The second-order valence-electron chi connectivity index (χ2n) is 5.90. The number of amides is 1. The van der Waals surface area contributed by atoms with Crippen molar-refractivity contribution in [3.05, 3.63) is 29.8 Å². The molecule has 4 nitrogen and oxygen atoms in total. The molecule has 0 bridgehead atoms. The maximum atomic E-state index is 12.7. The van der Waals surface area contributed by atoms with Crippen molar-refractivity contribution in [3.8, 4) is 0 Å². The van der Waals surface area contributed by atoms with Gasteiger partial charge >= 0.3 is 0 Å². The normalized spacial score (nSPS) is 25.9. The van der Waals surface area contributed by atoms with E-state index < -0.39 is 0 Å². The van der Waals surface area contributed by atoms with E-state index in [1.807, 2.05) is 23.1 Å². The van der Waals surface area contributed by atoms with Gasteiger partial charge in [0.2, 0.25) is 0 Å². The Morgan fingerprint density at radius 3 is 2.85 bits per heavy atom. The summed E-state index contributed by atoms with van der Waals surface area (Å²) in [6.45, 7) is 1.46. The Morgan fingerprint density at radius 2 is 2.15 bits per heavy atom. The van der Waals surface area contributed by atoms with Crippen molar-refractivity contribution in [3.63, 3.8) is 0 Å². The Hall–Kier alpha value is -1.39. The number of hydrogen-bond acceptors (Lipinski definition) is 3. The Labute approximate surface area is 120 Å². The van der Waals surface area contributed by atoms with Crippen molar-refractivity contribution in [1.82, 2.24) is 4.90 Å². The fraction of sp³-hybridized carbons (Fsp3) is 0.562. The molecule has 1 fully saturated rings. The van der Waals surface area contributed by atoms with Crippen LogP contribution in [0, 0.1) is 0 Å². The molecule has 2 aliphatic rings. The van der Waals surface area contributed by atoms with Crippen LogP contribution >= 0.6 is 0 Å². The first kappa shape index (κ1) is 13.6. The molecule has 1 amide bonds. The molecular weight excluding hydrogens is 252 g/mol. The summed E-state index contributed by atoms with van der Waals surface area (Å²) in [5.41, 5.74) is 2.31. The van der Waals surface area contributed by atoms with Gasteiger partial charge in [-0.3, -0.25) is 4.79 Å². The number of para-hydroxylation sites is 1. The average molecular weight is 274 g/mol. The van der Waals surface area contributed by atoms with Crippen LogP contribution in [0.1, 0.15) is 18.4 Å². The second-order valence-corrected chi connectivity index (χ2v) is 5.90. The third-order valence-corrected chi connectivity index (χ3v) is 4.33. The van der Waals surface area contributed by atoms with E-state index in [0.717, 1.165) is 31.5 Å². The summed E-state index contributed by atoms with van der Waals surface area (Å²) in [7, 11) is 4.15. The number of carbonyl (C=O) groups excluding carboxylic acids is 1. The smallest absolute Gasteiger partial charge is 0.256 e. The zero-order chi connectivity index (χ0) is 14.1. The first-order valence-electron chi connectivity index (χ1n) is 7.34. The topological polar surface area (TPSA) is 32.8 Å². The van der Waals surface area contributed by atoms with Gasteiger partial charge in [-0.15, -0.1) is 0 Å². The number of hydrogen-bond donors (Lipinski definition) is 0. The number of anilines is 1. The molecular formula is C16H22N2O2. The van der Waals surface area contributed by atoms with Crippen LogP contribution in [-0.2, 0) is 16.0 Å². The van der Waals surface area contributed by atoms with E-state index in [9.17, 15) is 4.79 Å². The number of benzene rings is 1. The molecule has 0 aromatic heterocycles. The van der Waals surface area contributed by atoms with Crippen LogP contribution < -0.4 is 4.90 Å². The number of rotatable bonds is 2. The lowest BCUT2D eigenvalue weighted by molar-refractivity contribution is -0.127. The highest BCUT2D eigenvalue weighted by atomic mass is 16.5. The minimum atomic E-state index is -0.246. The molecule has 0 N–H and O–H groups in total. The minimum absolute atomic E-state index is 0.126. The molecule has 4 heteroatoms. The highest BCUT2D eigenvalue weighted by molar-refractivity contribution is 5.98. The van der Waals surface area contributed by atoms with Gasteiger partial charge in [-0.1, -0.05) is 18.2 Å². The molecule has 0 unspecified atom stereocenters. The molecule has 0 saturated carbocycles. The average Bonchev–Trinajstić information content (AvgIpc) is 2.99.